The molecular weight excluding hydrogens is 889 g/mol. The summed E-state index contributed by atoms with van der Waals surface area (Å²) in [6.45, 7) is 17.5. The van der Waals surface area contributed by atoms with Gasteiger partial charge in [-0.3, -0.25) is 9.59 Å². The third-order valence-corrected chi connectivity index (χ3v) is 21.2. The highest BCUT2D eigenvalue weighted by atomic mass is 16.4. The molecule has 0 aromatic heterocycles. The standard InChI is InChI=1S/C27H44O8.C27H44O7/c1-22(2,32)9-8-20(30)25(5,33)19-7-11-26(34)16-12-21(31)27(35)14-18(29)17(28)13-24(27,4)15(16)6-10-23(19,26)3;1-23(2,32)9-8-22(31)26(5,33)21-7-11-27(34)16-12-18(28)17-13-19(29)20(30)14-24(17,3)15(16)6-10-25(21,27)4/h12,15,17-20,28-30,32-35H,6-11,13-14H2,1-5H3;12,15,17,19-22,29-34H,6-11,13-14H2,1-5H3/t15-,17-,18-,19+,20+,23+,24-,25+,26+,27+;15-,17+,19-,20-,21+,22+,24+,25+,26+,27+/m00/s1. The summed E-state index contributed by atoms with van der Waals surface area (Å²) in [5.41, 5.74) is -11.3. The smallest absolute Gasteiger partial charge is 0.187 e. The fourth-order valence-electron chi connectivity index (χ4n) is 16.6. The van der Waals surface area contributed by atoms with E-state index in [0.717, 1.165) is 0 Å². The van der Waals surface area contributed by atoms with Gasteiger partial charge in [0.1, 0.15) is 5.60 Å². The molecule has 0 radical (unpaired) electrons. The van der Waals surface area contributed by atoms with Crippen molar-refractivity contribution < 1.29 is 76.0 Å². The molecule has 6 fully saturated rings. The summed E-state index contributed by atoms with van der Waals surface area (Å²) in [4.78, 5) is 26.6. The molecule has 69 heavy (non-hydrogen) atoms. The van der Waals surface area contributed by atoms with Crippen molar-refractivity contribution in [2.75, 3.05) is 0 Å². The van der Waals surface area contributed by atoms with Gasteiger partial charge in [0, 0.05) is 28.6 Å². The van der Waals surface area contributed by atoms with Crippen LogP contribution in [0.5, 0.6) is 0 Å². The van der Waals surface area contributed by atoms with Crippen LogP contribution >= 0.6 is 0 Å². The van der Waals surface area contributed by atoms with Crippen LogP contribution in [0.15, 0.2) is 23.3 Å². The van der Waals surface area contributed by atoms with E-state index in [1.807, 2.05) is 20.8 Å². The zero-order valence-electron chi connectivity index (χ0n) is 42.9. The monoisotopic (exact) mass is 977 g/mol. The van der Waals surface area contributed by atoms with Gasteiger partial charge >= 0.3 is 0 Å². The van der Waals surface area contributed by atoms with E-state index in [1.54, 1.807) is 54.5 Å². The molecule has 13 N–H and O–H groups in total. The lowest BCUT2D eigenvalue weighted by molar-refractivity contribution is -0.211. The van der Waals surface area contributed by atoms with Gasteiger partial charge in [0.25, 0.3) is 0 Å². The van der Waals surface area contributed by atoms with Gasteiger partial charge in [-0.05, 0) is 190 Å². The lowest BCUT2D eigenvalue weighted by atomic mass is 9.44. The Morgan fingerprint density at radius 1 is 0.536 bits per heavy atom. The Labute approximate surface area is 408 Å². The Hall–Kier alpha value is -1.70. The second-order valence-electron chi connectivity index (χ2n) is 26.5. The number of aliphatic hydroxyl groups excluding tert-OH is 6. The molecule has 6 saturated carbocycles. The molecule has 0 heterocycles. The largest absolute Gasteiger partial charge is 0.390 e. The number of hydrogen-bond donors (Lipinski definition) is 13. The average molecular weight is 977 g/mol. The maximum Gasteiger partial charge on any atom is 0.187 e. The van der Waals surface area contributed by atoms with Crippen LogP contribution in [0.25, 0.3) is 0 Å². The molecule has 0 saturated heterocycles. The molecule has 0 aromatic carbocycles. The van der Waals surface area contributed by atoms with Gasteiger partial charge in [-0.25, -0.2) is 0 Å². The van der Waals surface area contributed by atoms with Gasteiger partial charge in [0.2, 0.25) is 0 Å². The number of allylic oxidation sites excluding steroid dienone is 1. The highest BCUT2D eigenvalue weighted by molar-refractivity contribution is 6.00. The molecule has 0 spiro atoms. The maximum atomic E-state index is 13.3. The van der Waals surface area contributed by atoms with E-state index < -0.39 is 109 Å². The van der Waals surface area contributed by atoms with Crippen LogP contribution in [0.4, 0.5) is 0 Å². The van der Waals surface area contributed by atoms with Crippen LogP contribution in [0, 0.1) is 51.2 Å². The summed E-state index contributed by atoms with van der Waals surface area (Å²) in [6, 6.07) is 0. The highest BCUT2D eigenvalue weighted by Gasteiger charge is 2.73. The fraction of sp³-hybridized carbons (Fsp3) is 0.889. The van der Waals surface area contributed by atoms with E-state index in [4.69, 9.17) is 0 Å². The molecule has 394 valence electrons. The second kappa shape index (κ2) is 17.4. The van der Waals surface area contributed by atoms with Gasteiger partial charge in [-0.1, -0.05) is 27.7 Å². The molecule has 0 aliphatic heterocycles. The van der Waals surface area contributed by atoms with Gasteiger partial charge in [-0.2, -0.15) is 0 Å². The van der Waals surface area contributed by atoms with Gasteiger partial charge in [0.05, 0.1) is 70.2 Å². The third kappa shape index (κ3) is 8.43. The number of rotatable bonds is 10. The number of aliphatic hydroxyl groups is 13. The minimum absolute atomic E-state index is 0.0437. The van der Waals surface area contributed by atoms with Gasteiger partial charge < -0.3 is 66.4 Å². The van der Waals surface area contributed by atoms with Gasteiger partial charge in [-0.15, -0.1) is 0 Å². The predicted octanol–water partition coefficient (Wildman–Crippen LogP) is 2.82. The van der Waals surface area contributed by atoms with Crippen molar-refractivity contribution in [3.8, 4) is 0 Å². The van der Waals surface area contributed by atoms with Crippen LogP contribution in [-0.4, -0.2) is 154 Å². The van der Waals surface area contributed by atoms with Crippen LogP contribution < -0.4 is 0 Å². The van der Waals surface area contributed by atoms with E-state index in [0.29, 0.717) is 81.8 Å². The fourth-order valence-corrected chi connectivity index (χ4v) is 16.6. The van der Waals surface area contributed by atoms with Crippen molar-refractivity contribution in [2.45, 2.75) is 248 Å². The number of fused-ring (bicyclic) bond motifs is 10. The molecule has 8 rings (SSSR count). The first-order valence-electron chi connectivity index (χ1n) is 26.0. The maximum absolute atomic E-state index is 13.3. The van der Waals surface area contributed by atoms with E-state index in [-0.39, 0.29) is 61.6 Å². The Morgan fingerprint density at radius 2 is 0.957 bits per heavy atom. The zero-order chi connectivity index (χ0) is 51.9. The topological polar surface area (TPSA) is 297 Å². The SMILES string of the molecule is CC(C)(O)CC[C@@H](O)[C@](C)(O)[C@@H]1CC[C@@]2(O)C3=CC(=O)[C@H]4C[C@H](O)[C@@H](O)C[C@]4(C)[C@H]3CC[C@]12C.CC(C)(O)CC[C@@H](O)[C@](C)(O)[C@@H]1CC[C@@]2(O)C3=CC(=O)[C@]4(O)C[C@H](O)[C@@H](O)C[C@@]4(C)[C@H]3CC[C@]12C. The molecule has 20 atom stereocenters. The van der Waals surface area contributed by atoms with Crippen LogP contribution in [0.2, 0.25) is 0 Å². The zero-order valence-corrected chi connectivity index (χ0v) is 42.9. The first kappa shape index (κ1) is 55.1. The second-order valence-corrected chi connectivity index (χ2v) is 26.5. The molecule has 0 aromatic rings. The molecule has 0 bridgehead atoms. The molecule has 0 amide bonds. The third-order valence-electron chi connectivity index (χ3n) is 21.2. The lowest BCUT2D eigenvalue weighted by Gasteiger charge is -2.62. The van der Waals surface area contributed by atoms with Crippen molar-refractivity contribution >= 4 is 11.6 Å². The van der Waals surface area contributed by atoms with Crippen molar-refractivity contribution in [3.05, 3.63) is 23.3 Å². The lowest BCUT2D eigenvalue weighted by Crippen LogP contribution is -2.69. The first-order chi connectivity index (χ1) is 31.3. The minimum Gasteiger partial charge on any atom is -0.390 e. The van der Waals surface area contributed by atoms with Crippen LogP contribution in [0.3, 0.4) is 0 Å². The summed E-state index contributed by atoms with van der Waals surface area (Å²) in [6.07, 6.45) is 2.20. The van der Waals surface area contributed by atoms with Crippen LogP contribution in [-0.2, 0) is 9.59 Å². The number of ketones is 2. The molecule has 8 aliphatic rings. The molecule has 15 nitrogen and oxygen atoms in total. The summed E-state index contributed by atoms with van der Waals surface area (Å²) < 4.78 is 0. The number of carbonyl (C=O) groups is 2. The summed E-state index contributed by atoms with van der Waals surface area (Å²) in [7, 11) is 0. The van der Waals surface area contributed by atoms with E-state index in [1.165, 1.54) is 6.08 Å². The summed E-state index contributed by atoms with van der Waals surface area (Å²) >= 11 is 0. The number of hydrogen-bond acceptors (Lipinski definition) is 15. The van der Waals surface area contributed by atoms with Crippen molar-refractivity contribution in [1.82, 2.24) is 0 Å². The van der Waals surface area contributed by atoms with E-state index >= 15 is 0 Å². The normalized spacial score (nSPS) is 47.8. The molecular formula is C54H88O15. The first-order valence-corrected chi connectivity index (χ1v) is 26.0. The van der Waals surface area contributed by atoms with Crippen LogP contribution in [0.1, 0.15) is 172 Å². The Kier molecular flexibility index (Phi) is 13.9. The van der Waals surface area contributed by atoms with Crippen molar-refractivity contribution in [2.24, 2.45) is 51.2 Å². The average Bonchev–Trinajstić information content (AvgIpc) is 3.68. The summed E-state index contributed by atoms with van der Waals surface area (Å²) in [5.74, 6) is -2.33. The predicted molar refractivity (Wildman–Crippen MR) is 255 cm³/mol. The minimum atomic E-state index is -1.82. The highest BCUT2D eigenvalue weighted by Crippen LogP contribution is 2.71. The number of carbonyl (C=O) groups excluding carboxylic acids is 2. The van der Waals surface area contributed by atoms with E-state index in [9.17, 15) is 76.0 Å². The Balaban J connectivity index is 0.000000204. The summed E-state index contributed by atoms with van der Waals surface area (Å²) in [5, 5.41) is 142. The van der Waals surface area contributed by atoms with Gasteiger partial charge in [0.15, 0.2) is 11.6 Å². The molecule has 0 unspecified atom stereocenters. The quantitative estimate of drug-likeness (QED) is 0.150. The van der Waals surface area contributed by atoms with Crippen molar-refractivity contribution in [3.63, 3.8) is 0 Å². The molecule has 15 heteroatoms. The Bertz CT molecular complexity index is 2050. The Morgan fingerprint density at radius 3 is 1.42 bits per heavy atom. The van der Waals surface area contributed by atoms with E-state index in [2.05, 4.69) is 0 Å². The molecule has 8 aliphatic carbocycles. The van der Waals surface area contributed by atoms with Crippen molar-refractivity contribution in [1.29, 1.82) is 0 Å².